The van der Waals surface area contributed by atoms with Crippen molar-refractivity contribution >= 4 is 5.84 Å². The highest BCUT2D eigenvalue weighted by Gasteiger charge is 2.26. The first kappa shape index (κ1) is 13.8. The number of nitrogens with two attached hydrogens (primary N) is 1. The van der Waals surface area contributed by atoms with Crippen molar-refractivity contribution < 1.29 is 4.74 Å². The highest BCUT2D eigenvalue weighted by molar-refractivity contribution is 5.97. The van der Waals surface area contributed by atoms with Crippen LogP contribution in [-0.4, -0.2) is 16.9 Å². The van der Waals surface area contributed by atoms with Crippen molar-refractivity contribution in [2.45, 2.75) is 52.1 Å². The van der Waals surface area contributed by atoms with Crippen LogP contribution in [0, 0.1) is 18.3 Å². The SMILES string of the molecule is CCC1CCCCC1Oc1nc(C)ccc1C(=N)N. The van der Waals surface area contributed by atoms with Crippen LogP contribution in [0.4, 0.5) is 0 Å². The summed E-state index contributed by atoms with van der Waals surface area (Å²) in [7, 11) is 0. The number of hydrogen-bond donors (Lipinski definition) is 2. The Kier molecular flexibility index (Phi) is 4.40. The van der Waals surface area contributed by atoms with Gasteiger partial charge in [-0.2, -0.15) is 0 Å². The first-order valence-electron chi connectivity index (χ1n) is 7.10. The summed E-state index contributed by atoms with van der Waals surface area (Å²) in [4.78, 5) is 4.41. The van der Waals surface area contributed by atoms with E-state index in [9.17, 15) is 0 Å². The van der Waals surface area contributed by atoms with E-state index in [0.717, 1.165) is 18.5 Å². The van der Waals surface area contributed by atoms with Gasteiger partial charge in [0.25, 0.3) is 0 Å². The molecule has 1 heterocycles. The molecule has 1 fully saturated rings. The molecular formula is C15H23N3O. The summed E-state index contributed by atoms with van der Waals surface area (Å²) in [5.74, 6) is 1.14. The highest BCUT2D eigenvalue weighted by Crippen LogP contribution is 2.31. The Morgan fingerprint density at radius 3 is 2.84 bits per heavy atom. The third-order valence-electron chi connectivity index (χ3n) is 3.92. The van der Waals surface area contributed by atoms with E-state index in [1.54, 1.807) is 0 Å². The molecule has 1 aliphatic carbocycles. The normalized spacial score (nSPS) is 23.1. The molecule has 2 unspecified atom stereocenters. The second kappa shape index (κ2) is 6.04. The van der Waals surface area contributed by atoms with Gasteiger partial charge in [0, 0.05) is 5.69 Å². The molecule has 2 atom stereocenters. The molecule has 4 nitrogen and oxygen atoms in total. The fourth-order valence-electron chi connectivity index (χ4n) is 2.77. The number of aryl methyl sites for hydroxylation is 1. The average molecular weight is 261 g/mol. The van der Waals surface area contributed by atoms with Gasteiger partial charge in [0.2, 0.25) is 5.88 Å². The van der Waals surface area contributed by atoms with Crippen molar-refractivity contribution in [3.63, 3.8) is 0 Å². The van der Waals surface area contributed by atoms with Crippen LogP contribution < -0.4 is 10.5 Å². The Balaban J connectivity index is 2.21. The number of ether oxygens (including phenoxy) is 1. The van der Waals surface area contributed by atoms with Crippen molar-refractivity contribution in [1.29, 1.82) is 5.41 Å². The summed E-state index contributed by atoms with van der Waals surface area (Å²) in [6.45, 7) is 4.14. The molecular weight excluding hydrogens is 238 g/mol. The molecule has 0 spiro atoms. The van der Waals surface area contributed by atoms with Crippen LogP contribution >= 0.6 is 0 Å². The first-order valence-corrected chi connectivity index (χ1v) is 7.10. The van der Waals surface area contributed by atoms with E-state index in [0.29, 0.717) is 17.4 Å². The van der Waals surface area contributed by atoms with Crippen LogP contribution in [-0.2, 0) is 0 Å². The number of rotatable bonds is 4. The lowest BCUT2D eigenvalue weighted by atomic mass is 9.85. The minimum absolute atomic E-state index is 0.0198. The van der Waals surface area contributed by atoms with Crippen molar-refractivity contribution in [1.82, 2.24) is 4.98 Å². The van der Waals surface area contributed by atoms with Gasteiger partial charge in [0.05, 0.1) is 5.56 Å². The zero-order chi connectivity index (χ0) is 13.8. The summed E-state index contributed by atoms with van der Waals surface area (Å²) in [6, 6.07) is 3.69. The minimum atomic E-state index is 0.0198. The van der Waals surface area contributed by atoms with Crippen LogP contribution in [0.15, 0.2) is 12.1 Å². The summed E-state index contributed by atoms with van der Waals surface area (Å²) < 4.78 is 6.10. The third kappa shape index (κ3) is 3.25. The van der Waals surface area contributed by atoms with Crippen molar-refractivity contribution in [3.05, 3.63) is 23.4 Å². The number of aromatic nitrogens is 1. The molecule has 0 amide bonds. The van der Waals surface area contributed by atoms with Crippen molar-refractivity contribution in [2.24, 2.45) is 11.7 Å². The molecule has 3 N–H and O–H groups in total. The van der Waals surface area contributed by atoms with Gasteiger partial charge in [0.15, 0.2) is 0 Å². The highest BCUT2D eigenvalue weighted by atomic mass is 16.5. The molecule has 1 aromatic heterocycles. The van der Waals surface area contributed by atoms with E-state index in [1.807, 2.05) is 19.1 Å². The maximum Gasteiger partial charge on any atom is 0.225 e. The minimum Gasteiger partial charge on any atom is -0.474 e. The molecule has 19 heavy (non-hydrogen) atoms. The molecule has 104 valence electrons. The van der Waals surface area contributed by atoms with Crippen LogP contribution in [0.3, 0.4) is 0 Å². The zero-order valence-corrected chi connectivity index (χ0v) is 11.8. The van der Waals surface area contributed by atoms with Gasteiger partial charge in [0.1, 0.15) is 11.9 Å². The van der Waals surface area contributed by atoms with Gasteiger partial charge in [-0.1, -0.05) is 13.3 Å². The number of amidine groups is 1. The average Bonchev–Trinajstić information content (AvgIpc) is 2.39. The number of nitrogen functional groups attached to an aromatic ring is 1. The fraction of sp³-hybridized carbons (Fsp3) is 0.600. The van der Waals surface area contributed by atoms with Crippen LogP contribution in [0.1, 0.15) is 50.3 Å². The van der Waals surface area contributed by atoms with E-state index in [2.05, 4.69) is 11.9 Å². The maximum atomic E-state index is 7.62. The Bertz CT molecular complexity index is 459. The molecule has 4 heteroatoms. The summed E-state index contributed by atoms with van der Waals surface area (Å²) in [6.07, 6.45) is 6.15. The Morgan fingerprint density at radius 1 is 1.42 bits per heavy atom. The van der Waals surface area contributed by atoms with Gasteiger partial charge >= 0.3 is 0 Å². The quantitative estimate of drug-likeness (QED) is 0.646. The Hall–Kier alpha value is -1.58. The number of nitrogens with one attached hydrogen (secondary N) is 1. The summed E-state index contributed by atoms with van der Waals surface area (Å²) in [5, 5.41) is 7.62. The topological polar surface area (TPSA) is 72.0 Å². The first-order chi connectivity index (χ1) is 9.11. The zero-order valence-electron chi connectivity index (χ0n) is 11.8. The third-order valence-corrected chi connectivity index (χ3v) is 3.92. The number of pyridine rings is 1. The molecule has 1 aromatic rings. The molecule has 1 saturated carbocycles. The van der Waals surface area contributed by atoms with E-state index in [1.165, 1.54) is 19.3 Å². The molecule has 0 aromatic carbocycles. The number of hydrogen-bond acceptors (Lipinski definition) is 3. The smallest absolute Gasteiger partial charge is 0.225 e. The van der Waals surface area contributed by atoms with Crippen LogP contribution in [0.25, 0.3) is 0 Å². The van der Waals surface area contributed by atoms with E-state index in [-0.39, 0.29) is 11.9 Å². The van der Waals surface area contributed by atoms with Crippen LogP contribution in [0.5, 0.6) is 5.88 Å². The molecule has 0 radical (unpaired) electrons. The lowest BCUT2D eigenvalue weighted by Crippen LogP contribution is -2.31. The molecule has 2 rings (SSSR count). The van der Waals surface area contributed by atoms with Gasteiger partial charge in [-0.3, -0.25) is 5.41 Å². The standard InChI is InChI=1S/C15H23N3O/c1-3-11-6-4-5-7-13(11)19-15-12(14(16)17)9-8-10(2)18-15/h8-9,11,13H,3-7H2,1-2H3,(H3,16,17). The maximum absolute atomic E-state index is 7.62. The summed E-state index contributed by atoms with van der Waals surface area (Å²) in [5.41, 5.74) is 7.10. The van der Waals surface area contributed by atoms with E-state index < -0.39 is 0 Å². The fourth-order valence-corrected chi connectivity index (χ4v) is 2.77. The Labute approximate surface area is 114 Å². The van der Waals surface area contributed by atoms with E-state index >= 15 is 0 Å². The number of nitrogens with zero attached hydrogens (tertiary/aromatic N) is 1. The largest absolute Gasteiger partial charge is 0.474 e. The van der Waals surface area contributed by atoms with Crippen molar-refractivity contribution in [3.8, 4) is 5.88 Å². The molecule has 0 aliphatic heterocycles. The van der Waals surface area contributed by atoms with Gasteiger partial charge in [-0.05, 0) is 50.7 Å². The lowest BCUT2D eigenvalue weighted by molar-refractivity contribution is 0.0855. The van der Waals surface area contributed by atoms with Gasteiger partial charge in [-0.15, -0.1) is 0 Å². The molecule has 0 bridgehead atoms. The van der Waals surface area contributed by atoms with E-state index in [4.69, 9.17) is 15.9 Å². The molecule has 1 aliphatic rings. The molecule has 0 saturated heterocycles. The predicted molar refractivity (Wildman–Crippen MR) is 76.7 cm³/mol. The second-order valence-corrected chi connectivity index (χ2v) is 5.33. The van der Waals surface area contributed by atoms with Crippen LogP contribution in [0.2, 0.25) is 0 Å². The van der Waals surface area contributed by atoms with Gasteiger partial charge < -0.3 is 10.5 Å². The van der Waals surface area contributed by atoms with Gasteiger partial charge in [-0.25, -0.2) is 4.98 Å². The monoisotopic (exact) mass is 261 g/mol. The summed E-state index contributed by atoms with van der Waals surface area (Å²) >= 11 is 0. The second-order valence-electron chi connectivity index (χ2n) is 5.33. The Morgan fingerprint density at radius 2 is 2.16 bits per heavy atom. The van der Waals surface area contributed by atoms with Crippen molar-refractivity contribution in [2.75, 3.05) is 0 Å². The lowest BCUT2D eigenvalue weighted by Gasteiger charge is -2.31. The predicted octanol–water partition coefficient (Wildman–Crippen LogP) is 3.02.